The molecule has 27 heavy (non-hydrogen) atoms. The summed E-state index contributed by atoms with van der Waals surface area (Å²) in [5.74, 6) is -5.60. The molecule has 0 bridgehead atoms. The first-order valence-corrected chi connectivity index (χ1v) is 8.71. The van der Waals surface area contributed by atoms with Gasteiger partial charge in [0, 0.05) is 5.56 Å². The number of ketones is 2. The van der Waals surface area contributed by atoms with E-state index in [1.807, 2.05) is 0 Å². The Balaban J connectivity index is 2.29. The van der Waals surface area contributed by atoms with Crippen molar-refractivity contribution >= 4 is 35.0 Å². The maximum atomic E-state index is 13.8. The molecule has 146 valence electrons. The SMILES string of the molecule is CC(C)(C)OC(=O)CNC(=O)C1C(=O)c2cc(F)c(Cl)cc2C(C)(C)C1=O. The number of amides is 1. The van der Waals surface area contributed by atoms with Crippen LogP contribution in [0, 0.1) is 11.7 Å². The third kappa shape index (κ3) is 4.18. The van der Waals surface area contributed by atoms with Crippen molar-refractivity contribution in [2.24, 2.45) is 5.92 Å². The van der Waals surface area contributed by atoms with Crippen molar-refractivity contribution in [3.05, 3.63) is 34.1 Å². The Morgan fingerprint density at radius 2 is 1.85 bits per heavy atom. The van der Waals surface area contributed by atoms with E-state index in [1.54, 1.807) is 20.8 Å². The fourth-order valence-corrected chi connectivity index (χ4v) is 3.08. The van der Waals surface area contributed by atoms with Crippen molar-refractivity contribution in [3.63, 3.8) is 0 Å². The molecule has 0 saturated carbocycles. The molecule has 0 saturated heterocycles. The molecule has 0 aliphatic heterocycles. The fourth-order valence-electron chi connectivity index (χ4n) is 2.91. The van der Waals surface area contributed by atoms with E-state index in [1.165, 1.54) is 19.9 Å². The van der Waals surface area contributed by atoms with E-state index in [0.29, 0.717) is 0 Å². The van der Waals surface area contributed by atoms with Gasteiger partial charge in [-0.15, -0.1) is 0 Å². The third-order valence-corrected chi connectivity index (χ3v) is 4.52. The lowest BCUT2D eigenvalue weighted by molar-refractivity contribution is -0.155. The van der Waals surface area contributed by atoms with Crippen molar-refractivity contribution in [2.45, 2.75) is 45.6 Å². The molecule has 1 aliphatic carbocycles. The van der Waals surface area contributed by atoms with Crippen LogP contribution in [0.25, 0.3) is 0 Å². The first-order chi connectivity index (χ1) is 12.3. The number of carbonyl (C=O) groups is 4. The van der Waals surface area contributed by atoms with Gasteiger partial charge in [0.25, 0.3) is 0 Å². The summed E-state index contributed by atoms with van der Waals surface area (Å²) in [5.41, 5.74) is -1.77. The molecule has 1 N–H and O–H groups in total. The Morgan fingerprint density at radius 1 is 1.26 bits per heavy atom. The number of fused-ring (bicyclic) bond motifs is 1. The van der Waals surface area contributed by atoms with Gasteiger partial charge in [0.2, 0.25) is 5.91 Å². The van der Waals surface area contributed by atoms with Crippen LogP contribution in [-0.4, -0.2) is 35.6 Å². The zero-order chi connectivity index (χ0) is 20.7. The molecule has 6 nitrogen and oxygen atoms in total. The summed E-state index contributed by atoms with van der Waals surface area (Å²) in [6.45, 7) is 7.57. The first-order valence-electron chi connectivity index (χ1n) is 8.33. The van der Waals surface area contributed by atoms with E-state index < -0.39 is 52.7 Å². The summed E-state index contributed by atoms with van der Waals surface area (Å²) in [4.78, 5) is 49.7. The minimum Gasteiger partial charge on any atom is -0.459 e. The highest BCUT2D eigenvalue weighted by atomic mass is 35.5. The number of Topliss-reactive ketones (excluding diaryl/α,β-unsaturated/α-hetero) is 2. The predicted octanol–water partition coefficient (Wildman–Crippen LogP) is 2.60. The van der Waals surface area contributed by atoms with Crippen LogP contribution in [-0.2, 0) is 24.5 Å². The summed E-state index contributed by atoms with van der Waals surface area (Å²) in [6, 6.07) is 2.17. The van der Waals surface area contributed by atoms with E-state index in [9.17, 15) is 23.6 Å². The van der Waals surface area contributed by atoms with Gasteiger partial charge in [-0.05, 0) is 52.3 Å². The smallest absolute Gasteiger partial charge is 0.325 e. The third-order valence-electron chi connectivity index (χ3n) is 4.23. The molecule has 1 aromatic carbocycles. The van der Waals surface area contributed by atoms with Gasteiger partial charge in [-0.25, -0.2) is 4.39 Å². The second kappa shape index (κ2) is 7.03. The van der Waals surface area contributed by atoms with Crippen LogP contribution in [0.4, 0.5) is 4.39 Å². The van der Waals surface area contributed by atoms with Crippen molar-refractivity contribution in [1.29, 1.82) is 0 Å². The van der Waals surface area contributed by atoms with Crippen LogP contribution >= 0.6 is 11.6 Å². The number of halogens is 2. The van der Waals surface area contributed by atoms with Gasteiger partial charge in [0.05, 0.1) is 10.4 Å². The van der Waals surface area contributed by atoms with E-state index >= 15 is 0 Å². The highest BCUT2D eigenvalue weighted by molar-refractivity contribution is 6.32. The monoisotopic (exact) mass is 397 g/mol. The van der Waals surface area contributed by atoms with E-state index in [4.69, 9.17) is 16.3 Å². The van der Waals surface area contributed by atoms with Crippen LogP contribution in [0.5, 0.6) is 0 Å². The summed E-state index contributed by atoms with van der Waals surface area (Å²) < 4.78 is 18.9. The number of hydrogen-bond donors (Lipinski definition) is 1. The van der Waals surface area contributed by atoms with Crippen molar-refractivity contribution in [3.8, 4) is 0 Å². The number of carbonyl (C=O) groups excluding carboxylic acids is 4. The number of hydrogen-bond acceptors (Lipinski definition) is 5. The molecule has 1 aromatic rings. The number of nitrogens with one attached hydrogen (secondary N) is 1. The lowest BCUT2D eigenvalue weighted by Crippen LogP contribution is -2.51. The van der Waals surface area contributed by atoms with Crippen LogP contribution < -0.4 is 5.32 Å². The standard InChI is InChI=1S/C19H21ClFNO5/c1-18(2,3)27-13(23)8-22-17(26)14-15(24)9-6-12(21)11(20)7-10(9)19(4,5)16(14)25/h6-7,14H,8H2,1-5H3,(H,22,26). The van der Waals surface area contributed by atoms with Crippen LogP contribution in [0.1, 0.15) is 50.5 Å². The number of esters is 1. The zero-order valence-corrected chi connectivity index (χ0v) is 16.5. The predicted molar refractivity (Wildman–Crippen MR) is 96.1 cm³/mol. The highest BCUT2D eigenvalue weighted by Crippen LogP contribution is 2.39. The molecule has 0 radical (unpaired) electrons. The maximum absolute atomic E-state index is 13.8. The molecule has 1 amide bonds. The second-order valence-electron chi connectivity index (χ2n) is 7.90. The quantitative estimate of drug-likeness (QED) is 0.625. The van der Waals surface area contributed by atoms with Gasteiger partial charge in [-0.3, -0.25) is 19.2 Å². The fraction of sp³-hybridized carbons (Fsp3) is 0.474. The van der Waals surface area contributed by atoms with Gasteiger partial charge in [-0.2, -0.15) is 0 Å². The Kier molecular flexibility index (Phi) is 5.48. The summed E-state index contributed by atoms with van der Waals surface area (Å²) in [6.07, 6.45) is 0. The largest absolute Gasteiger partial charge is 0.459 e. The lowest BCUT2D eigenvalue weighted by atomic mass is 9.66. The van der Waals surface area contributed by atoms with Crippen LogP contribution in [0.15, 0.2) is 12.1 Å². The summed E-state index contributed by atoms with van der Waals surface area (Å²) >= 11 is 5.78. The minimum absolute atomic E-state index is 0.0704. The van der Waals surface area contributed by atoms with Gasteiger partial charge in [0.15, 0.2) is 17.5 Å². The molecule has 2 rings (SSSR count). The summed E-state index contributed by atoms with van der Waals surface area (Å²) in [7, 11) is 0. The van der Waals surface area contributed by atoms with Gasteiger partial charge in [0.1, 0.15) is 18.0 Å². The lowest BCUT2D eigenvalue weighted by Gasteiger charge is -2.34. The molecular weight excluding hydrogens is 377 g/mol. The average molecular weight is 398 g/mol. The molecule has 8 heteroatoms. The molecule has 0 spiro atoms. The minimum atomic E-state index is -1.67. The van der Waals surface area contributed by atoms with E-state index in [2.05, 4.69) is 5.32 Å². The Labute approximate surface area is 161 Å². The van der Waals surface area contributed by atoms with Gasteiger partial charge < -0.3 is 10.1 Å². The molecule has 1 atom stereocenters. The molecular formula is C19H21ClFNO5. The number of benzene rings is 1. The highest BCUT2D eigenvalue weighted by Gasteiger charge is 2.49. The molecule has 1 unspecified atom stereocenters. The topological polar surface area (TPSA) is 89.5 Å². The van der Waals surface area contributed by atoms with Gasteiger partial charge in [-0.1, -0.05) is 11.6 Å². The normalized spacial score (nSPS) is 18.7. The molecule has 1 aliphatic rings. The number of rotatable bonds is 3. The van der Waals surface area contributed by atoms with Crippen molar-refractivity contribution in [1.82, 2.24) is 5.32 Å². The molecule has 0 aromatic heterocycles. The molecule has 0 fully saturated rings. The van der Waals surface area contributed by atoms with E-state index in [0.717, 1.165) is 6.07 Å². The van der Waals surface area contributed by atoms with Crippen molar-refractivity contribution in [2.75, 3.05) is 6.54 Å². The molecule has 0 heterocycles. The first kappa shape index (κ1) is 21.0. The maximum Gasteiger partial charge on any atom is 0.325 e. The second-order valence-corrected chi connectivity index (χ2v) is 8.31. The Morgan fingerprint density at radius 3 is 2.41 bits per heavy atom. The van der Waals surface area contributed by atoms with E-state index in [-0.39, 0.29) is 16.1 Å². The average Bonchev–Trinajstić information content (AvgIpc) is 2.52. The Bertz CT molecular complexity index is 841. The van der Waals surface area contributed by atoms with Crippen LogP contribution in [0.3, 0.4) is 0 Å². The summed E-state index contributed by atoms with van der Waals surface area (Å²) in [5, 5.41) is 2.04. The van der Waals surface area contributed by atoms with Gasteiger partial charge >= 0.3 is 5.97 Å². The number of ether oxygens (including phenoxy) is 1. The van der Waals surface area contributed by atoms with Crippen molar-refractivity contribution < 1.29 is 28.3 Å². The Hall–Kier alpha value is -2.28. The zero-order valence-electron chi connectivity index (χ0n) is 15.7. The van der Waals surface area contributed by atoms with Crippen LogP contribution in [0.2, 0.25) is 5.02 Å².